The van der Waals surface area contributed by atoms with Gasteiger partial charge in [-0.1, -0.05) is 28.1 Å². The van der Waals surface area contributed by atoms with E-state index in [9.17, 15) is 9.18 Å². The molecule has 0 atom stereocenters. The summed E-state index contributed by atoms with van der Waals surface area (Å²) in [6.45, 7) is 1.54. The van der Waals surface area contributed by atoms with Gasteiger partial charge in [0.1, 0.15) is 5.82 Å². The van der Waals surface area contributed by atoms with E-state index in [1.54, 1.807) is 43.0 Å². The molecule has 0 aliphatic carbocycles. The van der Waals surface area contributed by atoms with Gasteiger partial charge in [-0.05, 0) is 42.8 Å². The van der Waals surface area contributed by atoms with Gasteiger partial charge in [0.15, 0.2) is 5.78 Å². The van der Waals surface area contributed by atoms with Crippen LogP contribution in [0.4, 0.5) is 4.39 Å². The molecule has 19 heavy (non-hydrogen) atoms. The SMILES string of the molecule is CC(=O)c1ccc(SCc2cc(Br)ccc2F)cc1. The summed E-state index contributed by atoms with van der Waals surface area (Å²) < 4.78 is 14.4. The predicted octanol–water partition coefficient (Wildman–Crippen LogP) is 5.08. The third kappa shape index (κ3) is 3.91. The summed E-state index contributed by atoms with van der Waals surface area (Å²) in [7, 11) is 0. The van der Waals surface area contributed by atoms with Crippen LogP contribution in [0.1, 0.15) is 22.8 Å². The van der Waals surface area contributed by atoms with Crippen LogP contribution in [-0.2, 0) is 5.75 Å². The molecule has 0 amide bonds. The minimum absolute atomic E-state index is 0.0505. The Balaban J connectivity index is 2.06. The van der Waals surface area contributed by atoms with Crippen LogP contribution in [0.15, 0.2) is 51.8 Å². The largest absolute Gasteiger partial charge is 0.295 e. The molecule has 0 saturated heterocycles. The average Bonchev–Trinajstić information content (AvgIpc) is 2.40. The van der Waals surface area contributed by atoms with E-state index in [0.29, 0.717) is 16.9 Å². The number of hydrogen-bond acceptors (Lipinski definition) is 2. The number of hydrogen-bond donors (Lipinski definition) is 0. The van der Waals surface area contributed by atoms with Gasteiger partial charge in [0.2, 0.25) is 0 Å². The van der Waals surface area contributed by atoms with Crippen molar-refractivity contribution in [1.82, 2.24) is 0 Å². The van der Waals surface area contributed by atoms with Crippen molar-refractivity contribution in [3.63, 3.8) is 0 Å². The maximum atomic E-state index is 13.6. The normalized spacial score (nSPS) is 10.5. The molecule has 2 aromatic rings. The van der Waals surface area contributed by atoms with Gasteiger partial charge in [-0.3, -0.25) is 4.79 Å². The van der Waals surface area contributed by atoms with Gasteiger partial charge in [0.25, 0.3) is 0 Å². The number of benzene rings is 2. The Labute approximate surface area is 124 Å². The highest BCUT2D eigenvalue weighted by Gasteiger charge is 2.04. The van der Waals surface area contributed by atoms with E-state index >= 15 is 0 Å². The molecule has 98 valence electrons. The standard InChI is InChI=1S/C15H12BrFOS/c1-10(18)11-2-5-14(6-3-11)19-9-12-8-13(16)4-7-15(12)17/h2-8H,9H2,1H3. The lowest BCUT2D eigenvalue weighted by molar-refractivity contribution is 0.101. The molecule has 0 aliphatic rings. The summed E-state index contributed by atoms with van der Waals surface area (Å²) in [5.74, 6) is 0.413. The Morgan fingerprint density at radius 3 is 2.53 bits per heavy atom. The molecule has 2 rings (SSSR count). The van der Waals surface area contributed by atoms with Crippen molar-refractivity contribution in [3.05, 3.63) is 63.9 Å². The van der Waals surface area contributed by atoms with E-state index in [-0.39, 0.29) is 11.6 Å². The number of thioether (sulfide) groups is 1. The lowest BCUT2D eigenvalue weighted by atomic mass is 10.2. The highest BCUT2D eigenvalue weighted by Crippen LogP contribution is 2.26. The van der Waals surface area contributed by atoms with E-state index in [0.717, 1.165) is 9.37 Å². The number of carbonyl (C=O) groups excluding carboxylic acids is 1. The van der Waals surface area contributed by atoms with Gasteiger partial charge < -0.3 is 0 Å². The van der Waals surface area contributed by atoms with Gasteiger partial charge in [-0.15, -0.1) is 11.8 Å². The summed E-state index contributed by atoms with van der Waals surface area (Å²) in [5, 5.41) is 0. The topological polar surface area (TPSA) is 17.1 Å². The lowest BCUT2D eigenvalue weighted by Crippen LogP contribution is -1.91. The fourth-order valence-electron chi connectivity index (χ4n) is 1.60. The summed E-state index contributed by atoms with van der Waals surface area (Å²) in [6, 6.07) is 12.3. The zero-order valence-corrected chi connectivity index (χ0v) is 12.7. The number of ketones is 1. The van der Waals surface area contributed by atoms with Crippen LogP contribution >= 0.6 is 27.7 Å². The lowest BCUT2D eigenvalue weighted by Gasteiger charge is -2.05. The molecule has 0 fully saturated rings. The molecule has 0 N–H and O–H groups in total. The van der Waals surface area contributed by atoms with Gasteiger partial charge in [0.05, 0.1) is 0 Å². The zero-order chi connectivity index (χ0) is 13.8. The van der Waals surface area contributed by atoms with Crippen molar-refractivity contribution in [2.75, 3.05) is 0 Å². The smallest absolute Gasteiger partial charge is 0.159 e. The van der Waals surface area contributed by atoms with Crippen LogP contribution in [0.2, 0.25) is 0 Å². The van der Waals surface area contributed by atoms with Crippen LogP contribution in [0.5, 0.6) is 0 Å². The summed E-state index contributed by atoms with van der Waals surface area (Å²) in [6.07, 6.45) is 0. The molecule has 0 aliphatic heterocycles. The highest BCUT2D eigenvalue weighted by molar-refractivity contribution is 9.10. The van der Waals surface area contributed by atoms with Crippen LogP contribution in [0, 0.1) is 5.82 Å². The first kappa shape index (κ1) is 14.3. The van der Waals surface area contributed by atoms with Crippen LogP contribution in [0.3, 0.4) is 0 Å². The van der Waals surface area contributed by atoms with Crippen molar-refractivity contribution in [2.24, 2.45) is 0 Å². The van der Waals surface area contributed by atoms with Crippen molar-refractivity contribution in [1.29, 1.82) is 0 Å². The van der Waals surface area contributed by atoms with Crippen molar-refractivity contribution in [2.45, 2.75) is 17.6 Å². The monoisotopic (exact) mass is 338 g/mol. The van der Waals surface area contributed by atoms with Crippen molar-refractivity contribution in [3.8, 4) is 0 Å². The first-order valence-corrected chi connectivity index (χ1v) is 7.52. The fourth-order valence-corrected chi connectivity index (χ4v) is 2.88. The quantitative estimate of drug-likeness (QED) is 0.571. The first-order chi connectivity index (χ1) is 9.06. The van der Waals surface area contributed by atoms with Crippen LogP contribution in [-0.4, -0.2) is 5.78 Å². The maximum Gasteiger partial charge on any atom is 0.159 e. The highest BCUT2D eigenvalue weighted by atomic mass is 79.9. The number of Topliss-reactive ketones (excluding diaryl/α,β-unsaturated/α-hetero) is 1. The molecule has 1 nitrogen and oxygen atoms in total. The van der Waals surface area contributed by atoms with Crippen molar-refractivity contribution < 1.29 is 9.18 Å². The minimum Gasteiger partial charge on any atom is -0.295 e. The van der Waals surface area contributed by atoms with E-state index in [4.69, 9.17) is 0 Å². The summed E-state index contributed by atoms with van der Waals surface area (Å²) in [4.78, 5) is 12.2. The molecule has 0 radical (unpaired) electrons. The number of halogens is 2. The average molecular weight is 339 g/mol. The third-order valence-corrected chi connectivity index (χ3v) is 4.22. The molecule has 2 aromatic carbocycles. The second-order valence-electron chi connectivity index (χ2n) is 4.10. The maximum absolute atomic E-state index is 13.6. The summed E-state index contributed by atoms with van der Waals surface area (Å²) in [5.41, 5.74) is 1.35. The van der Waals surface area contributed by atoms with E-state index in [1.165, 1.54) is 6.07 Å². The third-order valence-electron chi connectivity index (χ3n) is 2.66. The molecule has 0 heterocycles. The Kier molecular flexibility index (Phi) is 4.77. The zero-order valence-electron chi connectivity index (χ0n) is 10.3. The van der Waals surface area contributed by atoms with E-state index in [2.05, 4.69) is 15.9 Å². The van der Waals surface area contributed by atoms with E-state index in [1.807, 2.05) is 12.1 Å². The van der Waals surface area contributed by atoms with Gasteiger partial charge in [0, 0.05) is 20.7 Å². The second-order valence-corrected chi connectivity index (χ2v) is 6.07. The second kappa shape index (κ2) is 6.35. The van der Waals surface area contributed by atoms with Crippen molar-refractivity contribution >= 4 is 33.5 Å². The van der Waals surface area contributed by atoms with Gasteiger partial charge in [-0.25, -0.2) is 4.39 Å². The Hall–Kier alpha value is -1.13. The molecule has 0 saturated carbocycles. The Morgan fingerprint density at radius 1 is 1.21 bits per heavy atom. The number of carbonyl (C=O) groups is 1. The molecule has 0 bridgehead atoms. The van der Waals surface area contributed by atoms with Crippen LogP contribution < -0.4 is 0 Å². The van der Waals surface area contributed by atoms with Gasteiger partial charge in [-0.2, -0.15) is 0 Å². The fraction of sp³-hybridized carbons (Fsp3) is 0.133. The first-order valence-electron chi connectivity index (χ1n) is 5.74. The molecular weight excluding hydrogens is 327 g/mol. The molecule has 4 heteroatoms. The Morgan fingerprint density at radius 2 is 1.89 bits per heavy atom. The van der Waals surface area contributed by atoms with Gasteiger partial charge >= 0.3 is 0 Å². The minimum atomic E-state index is -0.198. The molecule has 0 unspecified atom stereocenters. The Bertz CT molecular complexity index is 596. The molecular formula is C15H12BrFOS. The van der Waals surface area contributed by atoms with E-state index < -0.39 is 0 Å². The summed E-state index contributed by atoms with van der Waals surface area (Å²) >= 11 is 4.88. The van der Waals surface area contributed by atoms with Crippen LogP contribution in [0.25, 0.3) is 0 Å². The molecule has 0 aromatic heterocycles. The molecule has 0 spiro atoms. The number of rotatable bonds is 4. The predicted molar refractivity (Wildman–Crippen MR) is 80.1 cm³/mol.